The average molecular weight is 408 g/mol. The lowest BCUT2D eigenvalue weighted by molar-refractivity contribution is -0.120. The van der Waals surface area contributed by atoms with Crippen molar-refractivity contribution in [3.05, 3.63) is 66.0 Å². The number of nitrogens with zero attached hydrogens (tertiary/aromatic N) is 2. The maximum absolute atomic E-state index is 14.2. The van der Waals surface area contributed by atoms with Gasteiger partial charge in [0.1, 0.15) is 12.4 Å². The van der Waals surface area contributed by atoms with Gasteiger partial charge in [0.25, 0.3) is 0 Å². The molecule has 0 radical (unpaired) electrons. The molecule has 0 fully saturated rings. The van der Waals surface area contributed by atoms with Crippen molar-refractivity contribution < 1.29 is 17.6 Å². The van der Waals surface area contributed by atoms with Crippen molar-refractivity contribution >= 4 is 21.8 Å². The number of rotatable bonds is 9. The molecule has 0 aliphatic heterocycles. The number of para-hydroxylation sites is 1. The highest BCUT2D eigenvalue weighted by Gasteiger charge is 2.29. The van der Waals surface area contributed by atoms with Gasteiger partial charge in [-0.1, -0.05) is 42.5 Å². The number of aryl methyl sites for hydroxylation is 1. The predicted octanol–water partition coefficient (Wildman–Crippen LogP) is 2.58. The van der Waals surface area contributed by atoms with E-state index < -0.39 is 28.5 Å². The third-order valence-corrected chi connectivity index (χ3v) is 6.07. The zero-order valence-electron chi connectivity index (χ0n) is 16.3. The number of hydrogen-bond donors (Lipinski definition) is 1. The molecule has 0 spiro atoms. The Hall–Kier alpha value is -2.45. The van der Waals surface area contributed by atoms with E-state index in [2.05, 4.69) is 5.32 Å². The normalized spacial score (nSPS) is 12.6. The maximum Gasteiger partial charge on any atom is 0.304 e. The second kappa shape index (κ2) is 9.66. The molecule has 1 atom stereocenters. The monoisotopic (exact) mass is 407 g/mol. The van der Waals surface area contributed by atoms with Crippen LogP contribution in [0, 0.1) is 5.82 Å². The van der Waals surface area contributed by atoms with Gasteiger partial charge in [0.15, 0.2) is 0 Å². The van der Waals surface area contributed by atoms with E-state index in [9.17, 15) is 17.6 Å². The Morgan fingerprint density at radius 1 is 1.07 bits per heavy atom. The highest BCUT2D eigenvalue weighted by molar-refractivity contribution is 7.90. The molecular formula is C20H26FN3O3S. The van der Waals surface area contributed by atoms with E-state index in [1.807, 2.05) is 37.3 Å². The van der Waals surface area contributed by atoms with Crippen LogP contribution in [0.2, 0.25) is 0 Å². The lowest BCUT2D eigenvalue weighted by atomic mass is 10.1. The molecule has 2 aromatic rings. The molecule has 0 aromatic heterocycles. The van der Waals surface area contributed by atoms with Crippen LogP contribution in [0.3, 0.4) is 0 Å². The summed E-state index contributed by atoms with van der Waals surface area (Å²) in [5.41, 5.74) is 0.995. The molecule has 2 rings (SSSR count). The van der Waals surface area contributed by atoms with Gasteiger partial charge in [-0.3, -0.25) is 4.79 Å². The lowest BCUT2D eigenvalue weighted by Crippen LogP contribution is -2.47. The highest BCUT2D eigenvalue weighted by atomic mass is 32.2. The van der Waals surface area contributed by atoms with Gasteiger partial charge in [0.05, 0.1) is 5.69 Å². The minimum atomic E-state index is -4.03. The molecule has 0 saturated heterocycles. The summed E-state index contributed by atoms with van der Waals surface area (Å²) in [6, 6.07) is 15.2. The van der Waals surface area contributed by atoms with Crippen LogP contribution >= 0.6 is 0 Å². The second-order valence-electron chi connectivity index (χ2n) is 6.74. The average Bonchev–Trinajstić information content (AvgIpc) is 2.66. The SMILES string of the molecule is C[C@@H](CCc1ccccc1)NC(=O)CN(c1ccccc1F)S(=O)(=O)N(C)C. The van der Waals surface area contributed by atoms with Gasteiger partial charge in [-0.05, 0) is 37.5 Å². The molecule has 0 saturated carbocycles. The van der Waals surface area contributed by atoms with Crippen LogP contribution in [0.5, 0.6) is 0 Å². The number of carbonyl (C=O) groups is 1. The van der Waals surface area contributed by atoms with Gasteiger partial charge in [0.2, 0.25) is 5.91 Å². The van der Waals surface area contributed by atoms with Gasteiger partial charge >= 0.3 is 10.2 Å². The number of nitrogens with one attached hydrogen (secondary N) is 1. The molecule has 0 heterocycles. The molecule has 6 nitrogen and oxygen atoms in total. The fourth-order valence-corrected chi connectivity index (χ4v) is 3.76. The summed E-state index contributed by atoms with van der Waals surface area (Å²) >= 11 is 0. The molecule has 28 heavy (non-hydrogen) atoms. The number of amides is 1. The molecule has 0 aliphatic carbocycles. The summed E-state index contributed by atoms with van der Waals surface area (Å²) in [6.07, 6.45) is 1.49. The number of halogens is 1. The second-order valence-corrected chi connectivity index (χ2v) is 8.81. The van der Waals surface area contributed by atoms with Crippen molar-refractivity contribution in [2.45, 2.75) is 25.8 Å². The Morgan fingerprint density at radius 2 is 1.68 bits per heavy atom. The van der Waals surface area contributed by atoms with E-state index >= 15 is 0 Å². The third kappa shape index (κ3) is 5.77. The number of anilines is 1. The van der Waals surface area contributed by atoms with Crippen LogP contribution in [0.25, 0.3) is 0 Å². The van der Waals surface area contributed by atoms with Crippen molar-refractivity contribution in [2.24, 2.45) is 0 Å². The summed E-state index contributed by atoms with van der Waals surface area (Å²) in [7, 11) is -1.36. The molecule has 8 heteroatoms. The molecule has 0 unspecified atom stereocenters. The zero-order valence-corrected chi connectivity index (χ0v) is 17.1. The number of carbonyl (C=O) groups excluding carboxylic acids is 1. The Labute approximate surface area is 166 Å². The van der Waals surface area contributed by atoms with Crippen LogP contribution in [0.1, 0.15) is 18.9 Å². The zero-order chi connectivity index (χ0) is 20.7. The van der Waals surface area contributed by atoms with E-state index in [0.29, 0.717) is 6.42 Å². The standard InChI is InChI=1S/C20H26FN3O3S/c1-16(13-14-17-9-5-4-6-10-17)22-20(25)15-24(28(26,27)23(2)3)19-12-8-7-11-18(19)21/h4-12,16H,13-15H2,1-3H3,(H,22,25)/t16-/m0/s1. The highest BCUT2D eigenvalue weighted by Crippen LogP contribution is 2.22. The van der Waals surface area contributed by atoms with Gasteiger partial charge in [-0.15, -0.1) is 0 Å². The Bertz CT molecular complexity index is 889. The predicted molar refractivity (Wildman–Crippen MR) is 109 cm³/mol. The van der Waals surface area contributed by atoms with E-state index in [1.165, 1.54) is 32.3 Å². The molecule has 2 aromatic carbocycles. The minimum absolute atomic E-state index is 0.155. The summed E-state index contributed by atoms with van der Waals surface area (Å²) < 4.78 is 41.2. The first kappa shape index (κ1) is 21.8. The fourth-order valence-electron chi connectivity index (χ4n) is 2.69. The van der Waals surface area contributed by atoms with E-state index in [4.69, 9.17) is 0 Å². The van der Waals surface area contributed by atoms with E-state index in [0.717, 1.165) is 26.7 Å². The number of benzene rings is 2. The largest absolute Gasteiger partial charge is 0.352 e. The molecule has 152 valence electrons. The minimum Gasteiger partial charge on any atom is -0.352 e. The first-order valence-corrected chi connectivity index (χ1v) is 10.4. The molecule has 0 bridgehead atoms. The van der Waals surface area contributed by atoms with Crippen LogP contribution in [-0.2, 0) is 21.4 Å². The molecule has 0 aliphatic rings. The van der Waals surface area contributed by atoms with Crippen LogP contribution in [-0.4, -0.2) is 45.3 Å². The third-order valence-electron chi connectivity index (χ3n) is 4.26. The van der Waals surface area contributed by atoms with Crippen LogP contribution < -0.4 is 9.62 Å². The Morgan fingerprint density at radius 3 is 2.29 bits per heavy atom. The van der Waals surface area contributed by atoms with E-state index in [1.54, 1.807) is 0 Å². The first-order chi connectivity index (χ1) is 13.2. The van der Waals surface area contributed by atoms with Gasteiger partial charge in [-0.2, -0.15) is 12.7 Å². The Kier molecular flexibility index (Phi) is 7.53. The summed E-state index contributed by atoms with van der Waals surface area (Å²) in [5, 5.41) is 2.79. The van der Waals surface area contributed by atoms with Crippen LogP contribution in [0.15, 0.2) is 54.6 Å². The lowest BCUT2D eigenvalue weighted by Gasteiger charge is -2.27. The molecule has 1 N–H and O–H groups in total. The van der Waals surface area contributed by atoms with Crippen molar-refractivity contribution in [3.8, 4) is 0 Å². The van der Waals surface area contributed by atoms with Gasteiger partial charge in [-0.25, -0.2) is 8.70 Å². The van der Waals surface area contributed by atoms with Crippen molar-refractivity contribution in [3.63, 3.8) is 0 Å². The summed E-state index contributed by atoms with van der Waals surface area (Å²) in [5.74, 6) is -1.20. The smallest absolute Gasteiger partial charge is 0.304 e. The van der Waals surface area contributed by atoms with Crippen molar-refractivity contribution in [1.29, 1.82) is 0 Å². The van der Waals surface area contributed by atoms with Crippen molar-refractivity contribution in [2.75, 3.05) is 24.9 Å². The van der Waals surface area contributed by atoms with E-state index in [-0.39, 0.29) is 11.7 Å². The van der Waals surface area contributed by atoms with Crippen molar-refractivity contribution in [1.82, 2.24) is 9.62 Å². The Balaban J connectivity index is 2.07. The van der Waals surface area contributed by atoms with Gasteiger partial charge in [0, 0.05) is 20.1 Å². The van der Waals surface area contributed by atoms with Gasteiger partial charge < -0.3 is 5.32 Å². The topological polar surface area (TPSA) is 69.7 Å². The number of hydrogen-bond acceptors (Lipinski definition) is 3. The molecular weight excluding hydrogens is 381 g/mol. The quantitative estimate of drug-likeness (QED) is 0.695. The van der Waals surface area contributed by atoms with Crippen LogP contribution in [0.4, 0.5) is 10.1 Å². The first-order valence-electron chi connectivity index (χ1n) is 9.00. The fraction of sp³-hybridized carbons (Fsp3) is 0.350. The summed E-state index contributed by atoms with van der Waals surface area (Å²) in [4.78, 5) is 12.5. The maximum atomic E-state index is 14.2. The summed E-state index contributed by atoms with van der Waals surface area (Å²) in [6.45, 7) is 1.35. The molecule has 1 amide bonds.